The van der Waals surface area contributed by atoms with Crippen molar-refractivity contribution in [2.75, 3.05) is 13.1 Å². The van der Waals surface area contributed by atoms with Gasteiger partial charge in [-0.1, -0.05) is 27.7 Å². The van der Waals surface area contributed by atoms with E-state index < -0.39 is 0 Å². The summed E-state index contributed by atoms with van der Waals surface area (Å²) in [4.78, 5) is 2.29. The average Bonchev–Trinajstić information content (AvgIpc) is 1.83. The number of rotatable bonds is 5. The Labute approximate surface area is 87.7 Å². The molecule has 0 heterocycles. The summed E-state index contributed by atoms with van der Waals surface area (Å²) >= 11 is 8.66. The van der Waals surface area contributed by atoms with Gasteiger partial charge in [0.1, 0.15) is 0 Å². The molecule has 0 aliphatic carbocycles. The average molecular weight is 207 g/mol. The van der Waals surface area contributed by atoms with E-state index in [4.69, 9.17) is 0 Å². The van der Waals surface area contributed by atoms with Crippen molar-refractivity contribution in [3.63, 3.8) is 0 Å². The number of nitrogens with zero attached hydrogens (tertiary/aromatic N) is 1. The molecule has 0 amide bonds. The lowest BCUT2D eigenvalue weighted by Gasteiger charge is -2.28. The maximum absolute atomic E-state index is 4.33. The molecule has 12 heavy (non-hydrogen) atoms. The summed E-state index contributed by atoms with van der Waals surface area (Å²) in [5, 5.41) is 0. The van der Waals surface area contributed by atoms with Gasteiger partial charge in [0.05, 0.1) is 4.71 Å². The third-order valence-corrected chi connectivity index (χ3v) is 2.18. The van der Waals surface area contributed by atoms with Gasteiger partial charge in [-0.2, -0.15) is 0 Å². The molecule has 0 aromatic carbocycles. The minimum atomic E-state index is 0.0785. The van der Waals surface area contributed by atoms with Crippen LogP contribution in [-0.4, -0.2) is 22.7 Å². The minimum absolute atomic E-state index is 0.0785. The monoisotopic (exact) mass is 207 g/mol. The summed E-state index contributed by atoms with van der Waals surface area (Å²) in [6, 6.07) is 0. The van der Waals surface area contributed by atoms with E-state index in [1.54, 1.807) is 0 Å². The molecular formula is C9H21NS2. The Bertz CT molecular complexity index is 103. The third kappa shape index (κ3) is 6.21. The predicted molar refractivity (Wildman–Crippen MR) is 63.0 cm³/mol. The Morgan fingerprint density at radius 3 is 1.42 bits per heavy atom. The highest BCUT2D eigenvalue weighted by Crippen LogP contribution is 2.13. The molecular weight excluding hydrogens is 186 g/mol. The lowest BCUT2D eigenvalue weighted by Crippen LogP contribution is -2.34. The molecule has 0 rings (SSSR count). The summed E-state index contributed by atoms with van der Waals surface area (Å²) in [6.07, 6.45) is 0. The summed E-state index contributed by atoms with van der Waals surface area (Å²) in [7, 11) is 0. The van der Waals surface area contributed by atoms with Gasteiger partial charge < -0.3 is 0 Å². The van der Waals surface area contributed by atoms with E-state index in [-0.39, 0.29) is 4.71 Å². The molecule has 0 spiro atoms. The molecule has 0 aromatic rings. The molecule has 0 aliphatic rings. The van der Waals surface area contributed by atoms with Crippen LogP contribution in [0.25, 0.3) is 0 Å². The minimum Gasteiger partial charge on any atom is -0.283 e. The lowest BCUT2D eigenvalue weighted by molar-refractivity contribution is 0.243. The maximum Gasteiger partial charge on any atom is 0.0969 e. The van der Waals surface area contributed by atoms with Gasteiger partial charge in [0.2, 0.25) is 0 Å². The molecule has 0 saturated carbocycles. The molecule has 0 aromatic heterocycles. The number of hydrogen-bond donors (Lipinski definition) is 2. The lowest BCUT2D eigenvalue weighted by atomic mass is 10.1. The van der Waals surface area contributed by atoms with E-state index in [0.717, 1.165) is 13.1 Å². The van der Waals surface area contributed by atoms with Crippen LogP contribution < -0.4 is 0 Å². The molecule has 0 radical (unpaired) electrons. The van der Waals surface area contributed by atoms with Crippen LogP contribution in [0.15, 0.2) is 0 Å². The largest absolute Gasteiger partial charge is 0.283 e. The summed E-state index contributed by atoms with van der Waals surface area (Å²) in [6.45, 7) is 11.0. The Morgan fingerprint density at radius 2 is 1.25 bits per heavy atom. The van der Waals surface area contributed by atoms with Crippen LogP contribution in [-0.2, 0) is 0 Å². The molecule has 1 nitrogen and oxygen atoms in total. The van der Waals surface area contributed by atoms with Crippen LogP contribution in [0.1, 0.15) is 27.7 Å². The maximum atomic E-state index is 4.33. The Balaban J connectivity index is 3.87. The second kappa shape index (κ2) is 6.17. The highest BCUT2D eigenvalue weighted by molar-refractivity contribution is 7.99. The number of hydrogen-bond acceptors (Lipinski definition) is 3. The Morgan fingerprint density at radius 1 is 0.917 bits per heavy atom. The van der Waals surface area contributed by atoms with Crippen molar-refractivity contribution in [1.29, 1.82) is 0 Å². The highest BCUT2D eigenvalue weighted by atomic mass is 32.2. The zero-order valence-electron chi connectivity index (χ0n) is 8.49. The van der Waals surface area contributed by atoms with Gasteiger partial charge >= 0.3 is 0 Å². The van der Waals surface area contributed by atoms with Crippen molar-refractivity contribution >= 4 is 25.3 Å². The molecule has 0 saturated heterocycles. The second-order valence-electron chi connectivity index (χ2n) is 4.09. The molecule has 0 bridgehead atoms. The smallest absolute Gasteiger partial charge is 0.0969 e. The zero-order valence-corrected chi connectivity index (χ0v) is 10.3. The summed E-state index contributed by atoms with van der Waals surface area (Å²) in [5.41, 5.74) is 0. The van der Waals surface area contributed by atoms with Gasteiger partial charge in [-0.05, 0) is 11.8 Å². The van der Waals surface area contributed by atoms with Crippen molar-refractivity contribution in [3.8, 4) is 0 Å². The van der Waals surface area contributed by atoms with Gasteiger partial charge in [-0.15, -0.1) is 25.3 Å². The van der Waals surface area contributed by atoms with Gasteiger partial charge in [0, 0.05) is 13.1 Å². The van der Waals surface area contributed by atoms with Crippen molar-refractivity contribution < 1.29 is 0 Å². The summed E-state index contributed by atoms with van der Waals surface area (Å²) in [5.74, 6) is 1.37. The molecule has 74 valence electrons. The normalized spacial score (nSPS) is 12.5. The van der Waals surface area contributed by atoms with Crippen LogP contribution in [0, 0.1) is 11.8 Å². The van der Waals surface area contributed by atoms with E-state index in [0.29, 0.717) is 11.8 Å². The zero-order chi connectivity index (χ0) is 9.72. The Hall–Kier alpha value is 0.660. The molecule has 0 unspecified atom stereocenters. The van der Waals surface area contributed by atoms with Crippen LogP contribution >= 0.6 is 25.3 Å². The highest BCUT2D eigenvalue weighted by Gasteiger charge is 2.13. The SMILES string of the molecule is CC(C)CN(CC(C)C)C(S)S. The van der Waals surface area contributed by atoms with Gasteiger partial charge in [0.25, 0.3) is 0 Å². The fourth-order valence-corrected chi connectivity index (χ4v) is 1.58. The van der Waals surface area contributed by atoms with Crippen molar-refractivity contribution in [2.45, 2.75) is 32.4 Å². The van der Waals surface area contributed by atoms with Crippen molar-refractivity contribution in [3.05, 3.63) is 0 Å². The third-order valence-electron chi connectivity index (χ3n) is 1.53. The fraction of sp³-hybridized carbons (Fsp3) is 1.00. The van der Waals surface area contributed by atoms with Crippen LogP contribution in [0.5, 0.6) is 0 Å². The standard InChI is InChI=1S/C9H21NS2/c1-7(2)5-10(9(11)12)6-8(3)4/h7-9,11-12H,5-6H2,1-4H3. The molecule has 0 fully saturated rings. The quantitative estimate of drug-likeness (QED) is 0.518. The van der Waals surface area contributed by atoms with Crippen molar-refractivity contribution in [2.24, 2.45) is 11.8 Å². The first-order valence-corrected chi connectivity index (χ1v) is 5.57. The molecule has 0 N–H and O–H groups in total. The molecule has 0 aliphatic heterocycles. The van der Waals surface area contributed by atoms with Crippen LogP contribution in [0.2, 0.25) is 0 Å². The van der Waals surface area contributed by atoms with Crippen molar-refractivity contribution in [1.82, 2.24) is 4.90 Å². The van der Waals surface area contributed by atoms with Gasteiger partial charge in [-0.25, -0.2) is 0 Å². The van der Waals surface area contributed by atoms with E-state index in [1.807, 2.05) is 0 Å². The first-order chi connectivity index (χ1) is 5.43. The number of thiol groups is 2. The topological polar surface area (TPSA) is 3.24 Å². The van der Waals surface area contributed by atoms with Gasteiger partial charge in [0.15, 0.2) is 0 Å². The van der Waals surface area contributed by atoms with E-state index in [1.165, 1.54) is 0 Å². The summed E-state index contributed by atoms with van der Waals surface area (Å²) < 4.78 is 0.0785. The Kier molecular flexibility index (Phi) is 6.50. The first kappa shape index (κ1) is 12.7. The predicted octanol–water partition coefficient (Wildman–Crippen LogP) is 2.74. The fourth-order valence-electron chi connectivity index (χ4n) is 1.20. The molecule has 3 heteroatoms. The first-order valence-electron chi connectivity index (χ1n) is 4.53. The van der Waals surface area contributed by atoms with Crippen LogP contribution in [0.3, 0.4) is 0 Å². The molecule has 0 atom stereocenters. The van der Waals surface area contributed by atoms with Gasteiger partial charge in [-0.3, -0.25) is 4.90 Å². The van der Waals surface area contributed by atoms with E-state index >= 15 is 0 Å². The van der Waals surface area contributed by atoms with E-state index in [9.17, 15) is 0 Å². The van der Waals surface area contributed by atoms with Crippen LogP contribution in [0.4, 0.5) is 0 Å². The second-order valence-corrected chi connectivity index (χ2v) is 5.47. The van der Waals surface area contributed by atoms with E-state index in [2.05, 4.69) is 57.9 Å².